The number of benzene rings is 1. The molecule has 94 valence electrons. The minimum Gasteiger partial charge on any atom is -0.397 e. The molecule has 1 saturated carbocycles. The third-order valence-electron chi connectivity index (χ3n) is 3.02. The van der Waals surface area contributed by atoms with Crippen molar-refractivity contribution in [2.45, 2.75) is 12.8 Å². The Bertz CT molecular complexity index is 380. The van der Waals surface area contributed by atoms with Gasteiger partial charge in [0.25, 0.3) is 0 Å². The van der Waals surface area contributed by atoms with Crippen molar-refractivity contribution >= 4 is 34.0 Å². The molecule has 0 amide bonds. The first-order valence-corrected chi connectivity index (χ1v) is 7.08. The van der Waals surface area contributed by atoms with Crippen molar-refractivity contribution in [3.05, 3.63) is 21.8 Å². The molecule has 0 saturated heterocycles. The van der Waals surface area contributed by atoms with Gasteiger partial charge in [-0.2, -0.15) is 0 Å². The van der Waals surface area contributed by atoms with Crippen LogP contribution >= 0.6 is 22.6 Å². The highest BCUT2D eigenvalue weighted by atomic mass is 127. The maximum Gasteiger partial charge on any atom is 0.0641 e. The van der Waals surface area contributed by atoms with Crippen LogP contribution in [-0.2, 0) is 4.74 Å². The molecular formula is C13H19IN2O. The van der Waals surface area contributed by atoms with E-state index >= 15 is 0 Å². The summed E-state index contributed by atoms with van der Waals surface area (Å²) in [5.41, 5.74) is 7.92. The molecule has 4 heteroatoms. The zero-order valence-corrected chi connectivity index (χ0v) is 12.3. The van der Waals surface area contributed by atoms with E-state index in [4.69, 9.17) is 10.5 Å². The van der Waals surface area contributed by atoms with Crippen molar-refractivity contribution in [1.29, 1.82) is 0 Å². The summed E-state index contributed by atoms with van der Waals surface area (Å²) in [6.45, 7) is 2.59. The molecule has 0 heterocycles. The van der Waals surface area contributed by atoms with Crippen molar-refractivity contribution in [2.75, 3.05) is 37.4 Å². The Hall–Kier alpha value is -0.490. The van der Waals surface area contributed by atoms with Gasteiger partial charge in [0, 0.05) is 23.8 Å². The summed E-state index contributed by atoms with van der Waals surface area (Å²) in [5, 5.41) is 0. The van der Waals surface area contributed by atoms with E-state index in [1.165, 1.54) is 16.4 Å². The summed E-state index contributed by atoms with van der Waals surface area (Å²) in [7, 11) is 2.05. The van der Waals surface area contributed by atoms with Crippen LogP contribution in [0.2, 0.25) is 0 Å². The monoisotopic (exact) mass is 346 g/mol. The topological polar surface area (TPSA) is 38.5 Å². The van der Waals surface area contributed by atoms with E-state index in [2.05, 4.69) is 46.7 Å². The molecule has 0 bridgehead atoms. The van der Waals surface area contributed by atoms with Crippen molar-refractivity contribution in [3.8, 4) is 0 Å². The van der Waals surface area contributed by atoms with Crippen LogP contribution in [0.1, 0.15) is 12.8 Å². The van der Waals surface area contributed by atoms with E-state index in [0.717, 1.165) is 37.1 Å². The van der Waals surface area contributed by atoms with Crippen LogP contribution in [0, 0.1) is 9.49 Å². The lowest BCUT2D eigenvalue weighted by Gasteiger charge is -2.21. The fraction of sp³-hybridized carbons (Fsp3) is 0.538. The zero-order chi connectivity index (χ0) is 12.3. The summed E-state index contributed by atoms with van der Waals surface area (Å²) in [6, 6.07) is 6.14. The number of rotatable bonds is 6. The van der Waals surface area contributed by atoms with Gasteiger partial charge in [-0.15, -0.1) is 0 Å². The Balaban J connectivity index is 1.78. The molecule has 0 aromatic heterocycles. The van der Waals surface area contributed by atoms with Crippen molar-refractivity contribution in [2.24, 2.45) is 5.92 Å². The largest absolute Gasteiger partial charge is 0.397 e. The SMILES string of the molecule is CN(CCOCC1CC1)c1ccc(I)cc1N. The van der Waals surface area contributed by atoms with E-state index in [9.17, 15) is 0 Å². The van der Waals surface area contributed by atoms with Crippen LogP contribution in [0.3, 0.4) is 0 Å². The van der Waals surface area contributed by atoms with Gasteiger partial charge in [0.1, 0.15) is 0 Å². The zero-order valence-electron chi connectivity index (χ0n) is 10.2. The number of hydrogen-bond donors (Lipinski definition) is 1. The predicted octanol–water partition coefficient (Wildman–Crippen LogP) is 2.74. The smallest absolute Gasteiger partial charge is 0.0641 e. The molecular weight excluding hydrogens is 327 g/mol. The van der Waals surface area contributed by atoms with Crippen LogP contribution < -0.4 is 10.6 Å². The summed E-state index contributed by atoms with van der Waals surface area (Å²) < 4.78 is 6.80. The van der Waals surface area contributed by atoms with Gasteiger partial charge in [0.15, 0.2) is 0 Å². The van der Waals surface area contributed by atoms with Gasteiger partial charge in [-0.25, -0.2) is 0 Å². The minimum atomic E-state index is 0.776. The Morgan fingerprint density at radius 1 is 1.47 bits per heavy atom. The van der Waals surface area contributed by atoms with Gasteiger partial charge in [0.05, 0.1) is 18.0 Å². The van der Waals surface area contributed by atoms with E-state index in [0.29, 0.717) is 0 Å². The van der Waals surface area contributed by atoms with Crippen LogP contribution in [0.25, 0.3) is 0 Å². The molecule has 1 aliphatic carbocycles. The lowest BCUT2D eigenvalue weighted by molar-refractivity contribution is 0.131. The summed E-state index contributed by atoms with van der Waals surface area (Å²) in [4.78, 5) is 2.15. The van der Waals surface area contributed by atoms with Gasteiger partial charge in [0.2, 0.25) is 0 Å². The first kappa shape index (κ1) is 13.0. The lowest BCUT2D eigenvalue weighted by Crippen LogP contribution is -2.23. The van der Waals surface area contributed by atoms with Crippen molar-refractivity contribution < 1.29 is 4.74 Å². The Labute approximate surface area is 116 Å². The highest BCUT2D eigenvalue weighted by molar-refractivity contribution is 14.1. The van der Waals surface area contributed by atoms with Gasteiger partial charge < -0.3 is 15.4 Å². The molecule has 0 spiro atoms. The van der Waals surface area contributed by atoms with E-state index < -0.39 is 0 Å². The normalized spacial score (nSPS) is 14.9. The van der Waals surface area contributed by atoms with Crippen LogP contribution in [0.15, 0.2) is 18.2 Å². The highest BCUT2D eigenvalue weighted by Gasteiger charge is 2.21. The number of ether oxygens (including phenoxy) is 1. The average molecular weight is 346 g/mol. The maximum absolute atomic E-state index is 6.00. The van der Waals surface area contributed by atoms with Gasteiger partial charge in [-0.05, 0) is 59.5 Å². The van der Waals surface area contributed by atoms with Gasteiger partial charge >= 0.3 is 0 Å². The molecule has 2 rings (SSSR count). The quantitative estimate of drug-likeness (QED) is 0.489. The first-order valence-electron chi connectivity index (χ1n) is 6.00. The Morgan fingerprint density at radius 3 is 2.88 bits per heavy atom. The third kappa shape index (κ3) is 4.03. The van der Waals surface area contributed by atoms with Crippen LogP contribution in [-0.4, -0.2) is 26.8 Å². The van der Waals surface area contributed by atoms with Crippen molar-refractivity contribution in [3.63, 3.8) is 0 Å². The molecule has 1 aliphatic rings. The molecule has 3 nitrogen and oxygen atoms in total. The number of hydrogen-bond acceptors (Lipinski definition) is 3. The second-order valence-electron chi connectivity index (χ2n) is 4.64. The average Bonchev–Trinajstić information content (AvgIpc) is 3.08. The fourth-order valence-electron chi connectivity index (χ4n) is 1.73. The summed E-state index contributed by atoms with van der Waals surface area (Å²) >= 11 is 2.27. The van der Waals surface area contributed by atoms with E-state index in [1.54, 1.807) is 0 Å². The molecule has 0 unspecified atom stereocenters. The fourth-order valence-corrected chi connectivity index (χ4v) is 2.24. The van der Waals surface area contributed by atoms with Gasteiger partial charge in [-0.1, -0.05) is 0 Å². The number of nitrogens with zero attached hydrogens (tertiary/aromatic N) is 1. The first-order chi connectivity index (χ1) is 8.16. The maximum atomic E-state index is 6.00. The number of halogens is 1. The molecule has 17 heavy (non-hydrogen) atoms. The molecule has 1 aromatic rings. The Morgan fingerprint density at radius 2 is 2.24 bits per heavy atom. The van der Waals surface area contributed by atoms with Crippen LogP contribution in [0.5, 0.6) is 0 Å². The molecule has 0 aliphatic heterocycles. The molecule has 2 N–H and O–H groups in total. The van der Waals surface area contributed by atoms with Crippen molar-refractivity contribution in [1.82, 2.24) is 0 Å². The molecule has 0 atom stereocenters. The standard InChI is InChI=1S/C13H19IN2O/c1-16(6-7-17-9-10-2-3-10)13-5-4-11(14)8-12(13)15/h4-5,8,10H,2-3,6-7,9,15H2,1H3. The van der Waals surface area contributed by atoms with E-state index in [1.807, 2.05) is 6.07 Å². The molecule has 1 fully saturated rings. The lowest BCUT2D eigenvalue weighted by atomic mass is 10.2. The van der Waals surface area contributed by atoms with Gasteiger partial charge in [-0.3, -0.25) is 0 Å². The van der Waals surface area contributed by atoms with E-state index in [-0.39, 0.29) is 0 Å². The molecule has 0 radical (unpaired) electrons. The van der Waals surface area contributed by atoms with Crippen LogP contribution in [0.4, 0.5) is 11.4 Å². The number of anilines is 2. The second kappa shape index (κ2) is 5.91. The number of likely N-dealkylation sites (N-methyl/N-ethyl adjacent to an activating group) is 1. The third-order valence-corrected chi connectivity index (χ3v) is 3.69. The highest BCUT2D eigenvalue weighted by Crippen LogP contribution is 2.28. The minimum absolute atomic E-state index is 0.776. The predicted molar refractivity (Wildman–Crippen MR) is 80.4 cm³/mol. The summed E-state index contributed by atoms with van der Waals surface area (Å²) in [5.74, 6) is 0.837. The number of nitrogens with two attached hydrogens (primary N) is 1. The second-order valence-corrected chi connectivity index (χ2v) is 5.89. The summed E-state index contributed by atoms with van der Waals surface area (Å²) in [6.07, 6.45) is 2.69. The molecule has 1 aromatic carbocycles. The number of nitrogen functional groups attached to an aromatic ring is 1. The Kier molecular flexibility index (Phi) is 4.50.